The van der Waals surface area contributed by atoms with Gasteiger partial charge in [0.25, 0.3) is 0 Å². The Kier molecular flexibility index (Phi) is 8.82. The SMILES string of the molecule is COc1cc(OC)nc(Oc2ccccc2C(=O)OCOC(=O)Oc2c(Br)cc(C#N)cc2Br)n1. The molecule has 0 aliphatic rings. The number of aromatic nitrogens is 2. The monoisotopic (exact) mass is 607 g/mol. The Morgan fingerprint density at radius 2 is 1.60 bits per heavy atom. The minimum atomic E-state index is -1.13. The molecule has 0 aliphatic carbocycles. The van der Waals surface area contributed by atoms with Crippen LogP contribution in [0.2, 0.25) is 0 Å². The number of benzene rings is 2. The standard InChI is InChI=1S/C22H15Br2N3O8/c1-30-17-9-18(31-2)27-21(26-17)34-16-6-4-3-5-13(16)20(28)32-11-33-22(29)35-19-14(23)7-12(10-25)8-15(19)24/h3-9H,11H2,1-2H3. The van der Waals surface area contributed by atoms with Gasteiger partial charge in [0.1, 0.15) is 11.3 Å². The van der Waals surface area contributed by atoms with Gasteiger partial charge in [0, 0.05) is 0 Å². The van der Waals surface area contributed by atoms with Gasteiger partial charge in [-0.1, -0.05) is 12.1 Å². The lowest BCUT2D eigenvalue weighted by Gasteiger charge is -2.12. The first-order valence-electron chi connectivity index (χ1n) is 9.49. The summed E-state index contributed by atoms with van der Waals surface area (Å²) < 4.78 is 31.4. The molecule has 0 unspecified atom stereocenters. The molecule has 1 aromatic heterocycles. The normalized spacial score (nSPS) is 10.0. The van der Waals surface area contributed by atoms with Gasteiger partial charge < -0.3 is 28.4 Å². The van der Waals surface area contributed by atoms with Crippen molar-refractivity contribution in [3.63, 3.8) is 0 Å². The second kappa shape index (κ2) is 12.0. The molecule has 0 saturated heterocycles. The maximum Gasteiger partial charge on any atom is 0.516 e. The molecule has 3 rings (SSSR count). The van der Waals surface area contributed by atoms with Gasteiger partial charge in [0.2, 0.25) is 18.6 Å². The fourth-order valence-corrected chi connectivity index (χ4v) is 3.85. The van der Waals surface area contributed by atoms with E-state index in [1.54, 1.807) is 12.1 Å². The minimum absolute atomic E-state index is 0.0208. The van der Waals surface area contributed by atoms with E-state index >= 15 is 0 Å². The number of halogens is 2. The van der Waals surface area contributed by atoms with Crippen molar-refractivity contribution in [1.29, 1.82) is 5.26 Å². The number of nitrogens with zero attached hydrogens (tertiary/aromatic N) is 3. The largest absolute Gasteiger partial charge is 0.516 e. The summed E-state index contributed by atoms with van der Waals surface area (Å²) in [4.78, 5) is 32.7. The van der Waals surface area contributed by atoms with Crippen LogP contribution in [0, 0.1) is 11.3 Å². The van der Waals surface area contributed by atoms with E-state index in [-0.39, 0.29) is 34.8 Å². The van der Waals surface area contributed by atoms with Gasteiger partial charge in [0.05, 0.1) is 40.9 Å². The maximum absolute atomic E-state index is 12.6. The van der Waals surface area contributed by atoms with Crippen molar-refractivity contribution in [1.82, 2.24) is 9.97 Å². The van der Waals surface area contributed by atoms with E-state index in [1.165, 1.54) is 44.6 Å². The Morgan fingerprint density at radius 3 is 2.20 bits per heavy atom. The summed E-state index contributed by atoms with van der Waals surface area (Å²) >= 11 is 6.41. The third-order valence-electron chi connectivity index (χ3n) is 4.06. The second-order valence-electron chi connectivity index (χ2n) is 6.26. The predicted octanol–water partition coefficient (Wildman–Crippen LogP) is 5.01. The van der Waals surface area contributed by atoms with Crippen LogP contribution in [0.15, 0.2) is 51.4 Å². The first-order valence-corrected chi connectivity index (χ1v) is 11.1. The molecule has 0 aliphatic heterocycles. The summed E-state index contributed by atoms with van der Waals surface area (Å²) in [6.45, 7) is -0.735. The van der Waals surface area contributed by atoms with Crippen molar-refractivity contribution in [3.8, 4) is 35.3 Å². The van der Waals surface area contributed by atoms with Crippen molar-refractivity contribution >= 4 is 44.0 Å². The van der Waals surface area contributed by atoms with Crippen LogP contribution >= 0.6 is 31.9 Å². The Bertz CT molecular complexity index is 1250. The second-order valence-corrected chi connectivity index (χ2v) is 7.97. The Balaban J connectivity index is 1.63. The number of rotatable bonds is 8. The van der Waals surface area contributed by atoms with E-state index in [0.717, 1.165) is 0 Å². The molecule has 0 spiro atoms. The number of ether oxygens (including phenoxy) is 6. The Hall–Kier alpha value is -3.89. The van der Waals surface area contributed by atoms with Crippen molar-refractivity contribution in [2.75, 3.05) is 21.0 Å². The summed E-state index contributed by atoms with van der Waals surface area (Å²) in [7, 11) is 2.83. The number of carbonyl (C=O) groups excluding carboxylic acids is 2. The fourth-order valence-electron chi connectivity index (χ4n) is 2.50. The Morgan fingerprint density at radius 1 is 0.971 bits per heavy atom. The molecule has 35 heavy (non-hydrogen) atoms. The van der Waals surface area contributed by atoms with Crippen LogP contribution in [0.1, 0.15) is 15.9 Å². The van der Waals surface area contributed by atoms with Crippen LogP contribution in [-0.4, -0.2) is 43.1 Å². The van der Waals surface area contributed by atoms with Crippen molar-refractivity contribution in [3.05, 3.63) is 62.5 Å². The smallest absolute Gasteiger partial charge is 0.481 e. The first-order chi connectivity index (χ1) is 16.8. The lowest BCUT2D eigenvalue weighted by atomic mass is 10.2. The van der Waals surface area contributed by atoms with Crippen LogP contribution in [0.3, 0.4) is 0 Å². The quantitative estimate of drug-likeness (QED) is 0.193. The van der Waals surface area contributed by atoms with Crippen LogP contribution < -0.4 is 18.9 Å². The van der Waals surface area contributed by atoms with Gasteiger partial charge in [-0.15, -0.1) is 0 Å². The predicted molar refractivity (Wildman–Crippen MR) is 126 cm³/mol. The van der Waals surface area contributed by atoms with Crippen molar-refractivity contribution in [2.24, 2.45) is 0 Å². The number of hydrogen-bond donors (Lipinski definition) is 0. The van der Waals surface area contributed by atoms with Gasteiger partial charge in [-0.25, -0.2) is 9.59 Å². The molecule has 0 N–H and O–H groups in total. The summed E-state index contributed by atoms with van der Waals surface area (Å²) in [6, 6.07) is 12.4. The molecular formula is C22H15Br2N3O8. The van der Waals surface area contributed by atoms with Crippen molar-refractivity contribution < 1.29 is 38.0 Å². The molecule has 2 aromatic carbocycles. The highest BCUT2D eigenvalue weighted by molar-refractivity contribution is 9.11. The molecule has 0 amide bonds. The van der Waals surface area contributed by atoms with Gasteiger partial charge in [-0.3, -0.25) is 0 Å². The summed E-state index contributed by atoms with van der Waals surface area (Å²) in [5.74, 6) is -0.281. The molecule has 0 fully saturated rings. The van der Waals surface area contributed by atoms with E-state index in [1.807, 2.05) is 6.07 Å². The van der Waals surface area contributed by atoms with Gasteiger partial charge >= 0.3 is 18.1 Å². The third kappa shape index (κ3) is 6.81. The number of methoxy groups -OCH3 is 2. The van der Waals surface area contributed by atoms with E-state index in [2.05, 4.69) is 41.8 Å². The van der Waals surface area contributed by atoms with E-state index in [0.29, 0.717) is 14.5 Å². The maximum atomic E-state index is 12.6. The zero-order valence-electron chi connectivity index (χ0n) is 18.1. The van der Waals surface area contributed by atoms with Crippen molar-refractivity contribution in [2.45, 2.75) is 0 Å². The topological polar surface area (TPSA) is 139 Å². The van der Waals surface area contributed by atoms with E-state index in [9.17, 15) is 9.59 Å². The highest BCUT2D eigenvalue weighted by atomic mass is 79.9. The zero-order chi connectivity index (χ0) is 25.4. The van der Waals surface area contributed by atoms with Crippen LogP contribution in [0.5, 0.6) is 29.3 Å². The minimum Gasteiger partial charge on any atom is -0.481 e. The number of para-hydroxylation sites is 1. The van der Waals surface area contributed by atoms with E-state index in [4.69, 9.17) is 33.7 Å². The number of nitriles is 1. The molecule has 11 nitrogen and oxygen atoms in total. The molecule has 180 valence electrons. The molecule has 1 heterocycles. The molecule has 13 heteroatoms. The molecular weight excluding hydrogens is 594 g/mol. The average Bonchev–Trinajstić information content (AvgIpc) is 2.86. The summed E-state index contributed by atoms with van der Waals surface area (Å²) in [5.41, 5.74) is 0.365. The molecule has 0 atom stereocenters. The first kappa shape index (κ1) is 25.7. The average molecular weight is 609 g/mol. The molecule has 0 saturated carbocycles. The number of esters is 1. The van der Waals surface area contributed by atoms with Gasteiger partial charge in [0.15, 0.2) is 5.75 Å². The molecule has 3 aromatic rings. The van der Waals surface area contributed by atoms with Crippen LogP contribution in [-0.2, 0) is 9.47 Å². The van der Waals surface area contributed by atoms with E-state index < -0.39 is 18.9 Å². The van der Waals surface area contributed by atoms with Gasteiger partial charge in [-0.2, -0.15) is 15.2 Å². The molecule has 0 radical (unpaired) electrons. The highest BCUT2D eigenvalue weighted by Crippen LogP contribution is 2.35. The Labute approximate surface area is 215 Å². The van der Waals surface area contributed by atoms with Crippen LogP contribution in [0.4, 0.5) is 4.79 Å². The third-order valence-corrected chi connectivity index (χ3v) is 5.24. The highest BCUT2D eigenvalue weighted by Gasteiger charge is 2.19. The zero-order valence-corrected chi connectivity index (χ0v) is 21.3. The number of hydrogen-bond acceptors (Lipinski definition) is 11. The number of carbonyl (C=O) groups is 2. The lowest BCUT2D eigenvalue weighted by molar-refractivity contribution is -0.0144. The van der Waals surface area contributed by atoms with Gasteiger partial charge in [-0.05, 0) is 56.1 Å². The lowest BCUT2D eigenvalue weighted by Crippen LogP contribution is -2.16. The molecule has 0 bridgehead atoms. The summed E-state index contributed by atoms with van der Waals surface area (Å²) in [5, 5.41) is 8.97. The summed E-state index contributed by atoms with van der Waals surface area (Å²) in [6.07, 6.45) is -1.13. The van der Waals surface area contributed by atoms with Crippen LogP contribution in [0.25, 0.3) is 0 Å². The fraction of sp³-hybridized carbons (Fsp3) is 0.136.